The van der Waals surface area contributed by atoms with Crippen molar-refractivity contribution in [1.29, 1.82) is 5.26 Å². The molecule has 0 unspecified atom stereocenters. The molecule has 0 radical (unpaired) electrons. The lowest BCUT2D eigenvalue weighted by atomic mass is 10.1. The quantitative estimate of drug-likeness (QED) is 0.855. The maximum absolute atomic E-state index is 13.0. The molecule has 0 saturated carbocycles. The zero-order chi connectivity index (χ0) is 15.5. The van der Waals surface area contributed by atoms with Crippen molar-refractivity contribution in [3.8, 4) is 6.07 Å². The summed E-state index contributed by atoms with van der Waals surface area (Å²) in [6.07, 6.45) is -4.62. The molecule has 108 valence electrons. The summed E-state index contributed by atoms with van der Waals surface area (Å²) < 4.78 is 51.5. The van der Waals surface area contributed by atoms with Gasteiger partial charge in [-0.2, -0.15) is 18.4 Å². The zero-order valence-corrected chi connectivity index (χ0v) is 10.7. The lowest BCUT2D eigenvalue weighted by Gasteiger charge is -2.14. The Morgan fingerprint density at radius 3 is 2.52 bits per heavy atom. The summed E-state index contributed by atoms with van der Waals surface area (Å²) in [6.45, 7) is -0.121. The molecule has 0 saturated heterocycles. The molecule has 2 rings (SSSR count). The van der Waals surface area contributed by atoms with Crippen LogP contribution in [0.15, 0.2) is 42.5 Å². The van der Waals surface area contributed by atoms with Gasteiger partial charge in [-0.3, -0.25) is 0 Å². The second-order valence-electron chi connectivity index (χ2n) is 4.35. The molecule has 0 amide bonds. The first-order valence-electron chi connectivity index (χ1n) is 6.00. The first-order chi connectivity index (χ1) is 9.90. The predicted octanol–water partition coefficient (Wildman–Crippen LogP) is 4.33. The van der Waals surface area contributed by atoms with Crippen molar-refractivity contribution < 1.29 is 17.6 Å². The first kappa shape index (κ1) is 14.9. The van der Waals surface area contributed by atoms with Gasteiger partial charge in [-0.15, -0.1) is 0 Å². The van der Waals surface area contributed by atoms with Gasteiger partial charge in [-0.05, 0) is 35.9 Å². The van der Waals surface area contributed by atoms with Crippen molar-refractivity contribution in [2.24, 2.45) is 0 Å². The maximum atomic E-state index is 13.0. The van der Waals surface area contributed by atoms with Gasteiger partial charge in [0.2, 0.25) is 0 Å². The summed E-state index contributed by atoms with van der Waals surface area (Å²) >= 11 is 0. The Morgan fingerprint density at radius 2 is 1.86 bits per heavy atom. The highest BCUT2D eigenvalue weighted by Crippen LogP contribution is 2.32. The Labute approximate surface area is 118 Å². The summed E-state index contributed by atoms with van der Waals surface area (Å²) in [5.74, 6) is -0.933. The van der Waals surface area contributed by atoms with Crippen LogP contribution in [0.4, 0.5) is 23.2 Å². The van der Waals surface area contributed by atoms with E-state index in [1.807, 2.05) is 6.07 Å². The van der Waals surface area contributed by atoms with Gasteiger partial charge in [0.25, 0.3) is 0 Å². The Morgan fingerprint density at radius 1 is 1.10 bits per heavy atom. The van der Waals surface area contributed by atoms with E-state index in [1.54, 1.807) is 18.2 Å². The van der Waals surface area contributed by atoms with Crippen molar-refractivity contribution in [3.05, 3.63) is 65.0 Å². The lowest BCUT2D eigenvalue weighted by molar-refractivity contribution is -0.138. The Kier molecular flexibility index (Phi) is 4.13. The second-order valence-corrected chi connectivity index (χ2v) is 4.35. The van der Waals surface area contributed by atoms with E-state index >= 15 is 0 Å². The number of nitrogens with one attached hydrogen (secondary N) is 1. The van der Waals surface area contributed by atoms with E-state index in [0.717, 1.165) is 12.1 Å². The van der Waals surface area contributed by atoms with Gasteiger partial charge in [-0.1, -0.05) is 12.1 Å². The molecular formula is C15H10F4N2. The monoisotopic (exact) mass is 294 g/mol. The number of alkyl halides is 3. The van der Waals surface area contributed by atoms with E-state index in [0.29, 0.717) is 17.3 Å². The molecule has 2 nitrogen and oxygen atoms in total. The maximum Gasteiger partial charge on any atom is 0.416 e. The fourth-order valence-corrected chi connectivity index (χ4v) is 1.86. The molecule has 2 aromatic carbocycles. The normalized spacial score (nSPS) is 11.0. The highest BCUT2D eigenvalue weighted by molar-refractivity contribution is 5.49. The van der Waals surface area contributed by atoms with Gasteiger partial charge >= 0.3 is 6.18 Å². The van der Waals surface area contributed by atoms with Crippen molar-refractivity contribution in [1.82, 2.24) is 0 Å². The topological polar surface area (TPSA) is 35.8 Å². The average molecular weight is 294 g/mol. The molecule has 0 fully saturated rings. The van der Waals surface area contributed by atoms with E-state index in [2.05, 4.69) is 5.32 Å². The van der Waals surface area contributed by atoms with Gasteiger partial charge in [-0.25, -0.2) is 4.39 Å². The third kappa shape index (κ3) is 3.72. The molecule has 0 atom stereocenters. The molecule has 0 spiro atoms. The molecule has 0 aromatic heterocycles. The van der Waals surface area contributed by atoms with Crippen molar-refractivity contribution in [2.45, 2.75) is 12.7 Å². The number of nitrogens with zero attached hydrogens (tertiary/aromatic N) is 1. The van der Waals surface area contributed by atoms with E-state index in [4.69, 9.17) is 5.26 Å². The molecule has 6 heteroatoms. The van der Waals surface area contributed by atoms with Gasteiger partial charge in [0.1, 0.15) is 5.82 Å². The third-order valence-electron chi connectivity index (χ3n) is 2.85. The molecule has 0 aliphatic carbocycles. The van der Waals surface area contributed by atoms with Crippen molar-refractivity contribution >= 4 is 5.69 Å². The van der Waals surface area contributed by atoms with Crippen LogP contribution in [0, 0.1) is 17.1 Å². The molecule has 1 N–H and O–H groups in total. The molecule has 0 aliphatic heterocycles. The summed E-state index contributed by atoms with van der Waals surface area (Å²) in [7, 11) is 0. The smallest absolute Gasteiger partial charge is 0.381 e. The summed E-state index contributed by atoms with van der Waals surface area (Å²) in [5, 5.41) is 11.6. The van der Waals surface area contributed by atoms with E-state index in [1.165, 1.54) is 6.07 Å². The second kappa shape index (κ2) is 5.83. The average Bonchev–Trinajstić information content (AvgIpc) is 2.45. The number of halogens is 4. The fourth-order valence-electron chi connectivity index (χ4n) is 1.86. The lowest BCUT2D eigenvalue weighted by Crippen LogP contribution is -2.12. The van der Waals surface area contributed by atoms with E-state index in [9.17, 15) is 17.6 Å². The number of anilines is 1. The number of nitriles is 1. The van der Waals surface area contributed by atoms with Crippen molar-refractivity contribution in [3.63, 3.8) is 0 Å². The SMILES string of the molecule is N#Cc1cccc(NCc2ccc(F)cc2C(F)(F)F)c1. The van der Waals surface area contributed by atoms with Gasteiger partial charge in [0, 0.05) is 12.2 Å². The molecular weight excluding hydrogens is 284 g/mol. The van der Waals surface area contributed by atoms with Crippen LogP contribution in [0.1, 0.15) is 16.7 Å². The largest absolute Gasteiger partial charge is 0.416 e. The highest BCUT2D eigenvalue weighted by atomic mass is 19.4. The summed E-state index contributed by atoms with van der Waals surface area (Å²) in [5.41, 5.74) is -0.153. The highest BCUT2D eigenvalue weighted by Gasteiger charge is 2.33. The van der Waals surface area contributed by atoms with E-state index in [-0.39, 0.29) is 12.1 Å². The fraction of sp³-hybridized carbons (Fsp3) is 0.133. The molecule has 0 heterocycles. The molecule has 0 bridgehead atoms. The minimum absolute atomic E-state index is 0.0636. The Balaban J connectivity index is 2.22. The Bertz CT molecular complexity index is 687. The Hall–Kier alpha value is -2.55. The van der Waals surface area contributed by atoms with Gasteiger partial charge in [0.15, 0.2) is 0 Å². The minimum Gasteiger partial charge on any atom is -0.381 e. The zero-order valence-electron chi connectivity index (χ0n) is 10.7. The van der Waals surface area contributed by atoms with Gasteiger partial charge < -0.3 is 5.32 Å². The standard InChI is InChI=1S/C15H10F4N2/c16-12-5-4-11(14(7-12)15(17,18)19)9-21-13-3-1-2-10(6-13)8-20/h1-7,21H,9H2. The van der Waals surface area contributed by atoms with Crippen LogP contribution in [0.25, 0.3) is 0 Å². The summed E-state index contributed by atoms with van der Waals surface area (Å²) in [6, 6.07) is 10.9. The minimum atomic E-state index is -4.62. The first-order valence-corrected chi connectivity index (χ1v) is 6.00. The number of hydrogen-bond acceptors (Lipinski definition) is 2. The number of rotatable bonds is 3. The molecule has 21 heavy (non-hydrogen) atoms. The van der Waals surface area contributed by atoms with E-state index < -0.39 is 17.6 Å². The molecule has 2 aromatic rings. The van der Waals surface area contributed by atoms with Crippen LogP contribution < -0.4 is 5.32 Å². The molecule has 0 aliphatic rings. The predicted molar refractivity (Wildman–Crippen MR) is 69.9 cm³/mol. The number of benzene rings is 2. The third-order valence-corrected chi connectivity index (χ3v) is 2.85. The van der Waals surface area contributed by atoms with Gasteiger partial charge in [0.05, 0.1) is 17.2 Å². The number of hydrogen-bond donors (Lipinski definition) is 1. The van der Waals surface area contributed by atoms with Crippen molar-refractivity contribution in [2.75, 3.05) is 5.32 Å². The van der Waals surface area contributed by atoms with Crippen LogP contribution >= 0.6 is 0 Å². The van der Waals surface area contributed by atoms with Crippen LogP contribution in [0.3, 0.4) is 0 Å². The van der Waals surface area contributed by atoms with Crippen LogP contribution in [-0.4, -0.2) is 0 Å². The van der Waals surface area contributed by atoms with Crippen LogP contribution in [0.5, 0.6) is 0 Å². The van der Waals surface area contributed by atoms with Crippen LogP contribution in [-0.2, 0) is 12.7 Å². The summed E-state index contributed by atoms with van der Waals surface area (Å²) in [4.78, 5) is 0. The van der Waals surface area contributed by atoms with Crippen LogP contribution in [0.2, 0.25) is 0 Å².